The Morgan fingerprint density at radius 2 is 1.84 bits per heavy atom. The van der Waals surface area contributed by atoms with Crippen molar-refractivity contribution in [2.45, 2.75) is 44.7 Å². The van der Waals surface area contributed by atoms with Crippen molar-refractivity contribution in [1.82, 2.24) is 5.32 Å². The molecule has 0 heterocycles. The molecule has 0 amide bonds. The second-order valence-electron chi connectivity index (χ2n) is 5.67. The molecule has 2 rings (SSSR count). The lowest BCUT2D eigenvalue weighted by atomic mass is 9.77. The number of nitrogens with one attached hydrogen (secondary N) is 1. The van der Waals surface area contributed by atoms with Gasteiger partial charge in [0.15, 0.2) is 0 Å². The SMILES string of the molecule is CC1CCC(CO)(NCc2c(Cl)cccc2Cl)CC1. The molecule has 0 bridgehead atoms. The minimum absolute atomic E-state index is 0.168. The fourth-order valence-corrected chi connectivity index (χ4v) is 3.21. The van der Waals surface area contributed by atoms with E-state index in [2.05, 4.69) is 12.2 Å². The molecule has 1 aromatic rings. The van der Waals surface area contributed by atoms with E-state index in [-0.39, 0.29) is 12.1 Å². The maximum Gasteiger partial charge on any atom is 0.0613 e. The lowest BCUT2D eigenvalue weighted by Gasteiger charge is -2.39. The highest BCUT2D eigenvalue weighted by atomic mass is 35.5. The number of rotatable bonds is 4. The van der Waals surface area contributed by atoms with Crippen molar-refractivity contribution in [3.05, 3.63) is 33.8 Å². The molecule has 0 atom stereocenters. The first kappa shape index (κ1) is 15.1. The molecule has 0 unspecified atom stereocenters. The summed E-state index contributed by atoms with van der Waals surface area (Å²) in [7, 11) is 0. The lowest BCUT2D eigenvalue weighted by molar-refractivity contribution is 0.104. The van der Waals surface area contributed by atoms with Gasteiger partial charge in [0.05, 0.1) is 6.61 Å². The Hall–Kier alpha value is -0.280. The Bertz CT molecular complexity index is 408. The van der Waals surface area contributed by atoms with Crippen LogP contribution in [0.3, 0.4) is 0 Å². The molecule has 1 aliphatic rings. The van der Waals surface area contributed by atoms with Crippen LogP contribution in [0.5, 0.6) is 0 Å². The fourth-order valence-electron chi connectivity index (χ4n) is 2.68. The predicted octanol–water partition coefficient (Wildman–Crippen LogP) is 4.02. The average molecular weight is 302 g/mol. The van der Waals surface area contributed by atoms with E-state index in [1.54, 1.807) is 0 Å². The van der Waals surface area contributed by atoms with Gasteiger partial charge in [0.1, 0.15) is 0 Å². The van der Waals surface area contributed by atoms with Crippen molar-refractivity contribution in [3.63, 3.8) is 0 Å². The number of hydrogen-bond donors (Lipinski definition) is 2. The highest BCUT2D eigenvalue weighted by molar-refractivity contribution is 6.35. The monoisotopic (exact) mass is 301 g/mol. The number of benzene rings is 1. The van der Waals surface area contributed by atoms with Crippen molar-refractivity contribution >= 4 is 23.2 Å². The molecule has 19 heavy (non-hydrogen) atoms. The van der Waals surface area contributed by atoms with Gasteiger partial charge in [-0.1, -0.05) is 36.2 Å². The molecule has 1 aliphatic carbocycles. The van der Waals surface area contributed by atoms with Crippen LogP contribution in [-0.2, 0) is 6.54 Å². The summed E-state index contributed by atoms with van der Waals surface area (Å²) < 4.78 is 0. The van der Waals surface area contributed by atoms with Gasteiger partial charge in [-0.3, -0.25) is 0 Å². The molecule has 0 saturated heterocycles. The van der Waals surface area contributed by atoms with Gasteiger partial charge in [-0.05, 0) is 43.7 Å². The third-order valence-electron chi connectivity index (χ3n) is 4.24. The van der Waals surface area contributed by atoms with E-state index >= 15 is 0 Å². The van der Waals surface area contributed by atoms with Crippen molar-refractivity contribution < 1.29 is 5.11 Å². The summed E-state index contributed by atoms with van der Waals surface area (Å²) >= 11 is 12.3. The average Bonchev–Trinajstić information content (AvgIpc) is 2.41. The Labute approximate surface area is 125 Å². The fraction of sp³-hybridized carbons (Fsp3) is 0.600. The van der Waals surface area contributed by atoms with Gasteiger partial charge in [0.2, 0.25) is 0 Å². The van der Waals surface area contributed by atoms with E-state index in [0.717, 1.165) is 37.2 Å². The molecule has 106 valence electrons. The summed E-state index contributed by atoms with van der Waals surface area (Å²) in [6.45, 7) is 3.04. The summed E-state index contributed by atoms with van der Waals surface area (Å²) in [5.41, 5.74) is 0.743. The molecule has 0 aromatic heterocycles. The maximum atomic E-state index is 9.72. The quantitative estimate of drug-likeness (QED) is 0.880. The zero-order chi connectivity index (χ0) is 13.9. The lowest BCUT2D eigenvalue weighted by Crippen LogP contribution is -2.50. The first-order valence-corrected chi connectivity index (χ1v) is 7.61. The first-order valence-electron chi connectivity index (χ1n) is 6.85. The van der Waals surface area contributed by atoms with Crippen LogP contribution in [0.4, 0.5) is 0 Å². The molecule has 0 spiro atoms. The van der Waals surface area contributed by atoms with E-state index in [4.69, 9.17) is 23.2 Å². The Kier molecular flexibility index (Phi) is 5.13. The van der Waals surface area contributed by atoms with Crippen LogP contribution in [0.2, 0.25) is 10.0 Å². The van der Waals surface area contributed by atoms with Gasteiger partial charge < -0.3 is 10.4 Å². The molecule has 1 saturated carbocycles. The summed E-state index contributed by atoms with van der Waals surface area (Å²) in [5.74, 6) is 0.755. The standard InChI is InChI=1S/C15H21Cl2NO/c1-11-5-7-15(10-19,8-6-11)18-9-12-13(16)3-2-4-14(12)17/h2-4,11,18-19H,5-10H2,1H3. The highest BCUT2D eigenvalue weighted by Crippen LogP contribution is 2.33. The molecular formula is C15H21Cl2NO. The van der Waals surface area contributed by atoms with E-state index in [0.29, 0.717) is 16.6 Å². The molecule has 1 aromatic carbocycles. The second kappa shape index (κ2) is 6.45. The smallest absolute Gasteiger partial charge is 0.0613 e. The van der Waals surface area contributed by atoms with Gasteiger partial charge >= 0.3 is 0 Å². The molecule has 1 fully saturated rings. The van der Waals surface area contributed by atoms with Crippen LogP contribution < -0.4 is 5.32 Å². The second-order valence-corrected chi connectivity index (χ2v) is 6.49. The number of halogens is 2. The van der Waals surface area contributed by atoms with Gasteiger partial charge in [0.25, 0.3) is 0 Å². The van der Waals surface area contributed by atoms with E-state index in [1.165, 1.54) is 0 Å². The predicted molar refractivity (Wildman–Crippen MR) is 80.8 cm³/mol. The highest BCUT2D eigenvalue weighted by Gasteiger charge is 2.33. The molecule has 2 nitrogen and oxygen atoms in total. The van der Waals surface area contributed by atoms with Gasteiger partial charge in [0, 0.05) is 27.7 Å². The van der Waals surface area contributed by atoms with Crippen molar-refractivity contribution in [3.8, 4) is 0 Å². The molecular weight excluding hydrogens is 281 g/mol. The van der Waals surface area contributed by atoms with Crippen LogP contribution in [0, 0.1) is 5.92 Å². The Balaban J connectivity index is 2.04. The molecule has 2 N–H and O–H groups in total. The van der Waals surface area contributed by atoms with Crippen molar-refractivity contribution in [1.29, 1.82) is 0 Å². The van der Waals surface area contributed by atoms with E-state index in [9.17, 15) is 5.11 Å². The minimum Gasteiger partial charge on any atom is -0.394 e. The maximum absolute atomic E-state index is 9.72. The van der Waals surface area contributed by atoms with Gasteiger partial charge in [-0.2, -0.15) is 0 Å². The Morgan fingerprint density at radius 1 is 1.26 bits per heavy atom. The summed E-state index contributed by atoms with van der Waals surface area (Å²) in [5, 5.41) is 14.6. The minimum atomic E-state index is -0.172. The van der Waals surface area contributed by atoms with Crippen LogP contribution >= 0.6 is 23.2 Å². The van der Waals surface area contributed by atoms with Crippen molar-refractivity contribution in [2.24, 2.45) is 5.92 Å². The largest absolute Gasteiger partial charge is 0.394 e. The zero-order valence-corrected chi connectivity index (χ0v) is 12.8. The van der Waals surface area contributed by atoms with Crippen LogP contribution in [-0.4, -0.2) is 17.3 Å². The number of aliphatic hydroxyl groups is 1. The summed E-state index contributed by atoms with van der Waals surface area (Å²) in [4.78, 5) is 0. The Morgan fingerprint density at radius 3 is 2.37 bits per heavy atom. The van der Waals surface area contributed by atoms with Crippen molar-refractivity contribution in [2.75, 3.05) is 6.61 Å². The molecule has 0 aliphatic heterocycles. The topological polar surface area (TPSA) is 32.3 Å². The third kappa shape index (κ3) is 3.63. The molecule has 0 radical (unpaired) electrons. The van der Waals surface area contributed by atoms with E-state index in [1.807, 2.05) is 18.2 Å². The normalized spacial score (nSPS) is 27.5. The van der Waals surface area contributed by atoms with E-state index < -0.39 is 0 Å². The number of aliphatic hydroxyl groups excluding tert-OH is 1. The van der Waals surface area contributed by atoms with Crippen LogP contribution in [0.1, 0.15) is 38.2 Å². The zero-order valence-electron chi connectivity index (χ0n) is 11.3. The first-order chi connectivity index (χ1) is 9.06. The van der Waals surface area contributed by atoms with Crippen LogP contribution in [0.15, 0.2) is 18.2 Å². The van der Waals surface area contributed by atoms with Gasteiger partial charge in [-0.15, -0.1) is 0 Å². The van der Waals surface area contributed by atoms with Crippen LogP contribution in [0.25, 0.3) is 0 Å². The number of hydrogen-bond acceptors (Lipinski definition) is 2. The third-order valence-corrected chi connectivity index (χ3v) is 4.94. The summed E-state index contributed by atoms with van der Waals surface area (Å²) in [6, 6.07) is 5.54. The molecule has 4 heteroatoms. The van der Waals surface area contributed by atoms with Gasteiger partial charge in [-0.25, -0.2) is 0 Å². The summed E-state index contributed by atoms with van der Waals surface area (Å²) in [6.07, 6.45) is 4.33.